The van der Waals surface area contributed by atoms with Crippen molar-refractivity contribution in [1.82, 2.24) is 0 Å². The number of rotatable bonds is 4. The van der Waals surface area contributed by atoms with Crippen LogP contribution in [0.25, 0.3) is 11.0 Å². The van der Waals surface area contributed by atoms with E-state index in [1.807, 2.05) is 0 Å². The second kappa shape index (κ2) is 4.94. The van der Waals surface area contributed by atoms with Gasteiger partial charge in [-0.2, -0.15) is 0 Å². The summed E-state index contributed by atoms with van der Waals surface area (Å²) in [5.41, 5.74) is 1.08. The third kappa shape index (κ3) is 2.20. The van der Waals surface area contributed by atoms with Crippen LogP contribution in [0.1, 0.15) is 23.7 Å². The summed E-state index contributed by atoms with van der Waals surface area (Å²) < 4.78 is 10.2. The molecule has 1 fully saturated rings. The summed E-state index contributed by atoms with van der Waals surface area (Å²) in [5.74, 6) is -0.940. The number of Topliss-reactive ketones (excluding diaryl/α,β-unsaturated/α-hetero) is 1. The predicted octanol–water partition coefficient (Wildman–Crippen LogP) is 3.47. The first-order valence-corrected chi connectivity index (χ1v) is 6.87. The molecule has 0 saturated heterocycles. The SMILES string of the molecule is CCOC(=O)[C@H]1C[C@@H]1C(=O)c1cc(Cl)c2occc2c1. The van der Waals surface area contributed by atoms with Gasteiger partial charge >= 0.3 is 5.97 Å². The van der Waals surface area contributed by atoms with Gasteiger partial charge < -0.3 is 9.15 Å². The summed E-state index contributed by atoms with van der Waals surface area (Å²) in [6.07, 6.45) is 2.09. The average Bonchev–Trinajstić information content (AvgIpc) is 3.08. The van der Waals surface area contributed by atoms with Gasteiger partial charge in [0, 0.05) is 16.9 Å². The molecule has 1 heterocycles. The summed E-state index contributed by atoms with van der Waals surface area (Å²) in [7, 11) is 0. The molecule has 0 aliphatic heterocycles. The fourth-order valence-corrected chi connectivity index (χ4v) is 2.66. The van der Waals surface area contributed by atoms with E-state index in [1.165, 1.54) is 6.26 Å². The summed E-state index contributed by atoms with van der Waals surface area (Å²) >= 11 is 6.08. The Morgan fingerprint density at radius 1 is 1.40 bits per heavy atom. The number of carbonyl (C=O) groups is 2. The molecule has 2 aromatic rings. The Hall–Kier alpha value is -1.81. The molecule has 0 amide bonds. The van der Waals surface area contributed by atoms with Gasteiger partial charge in [-0.05, 0) is 31.5 Å². The second-order valence-electron chi connectivity index (χ2n) is 4.86. The molecule has 5 heteroatoms. The fourth-order valence-electron chi connectivity index (χ4n) is 2.39. The highest BCUT2D eigenvalue weighted by molar-refractivity contribution is 6.35. The third-order valence-corrected chi connectivity index (χ3v) is 3.79. The molecule has 2 atom stereocenters. The quantitative estimate of drug-likeness (QED) is 0.639. The van der Waals surface area contributed by atoms with Crippen molar-refractivity contribution >= 4 is 34.3 Å². The van der Waals surface area contributed by atoms with Crippen LogP contribution < -0.4 is 0 Å². The molecule has 1 aliphatic carbocycles. The molecule has 1 aromatic heterocycles. The van der Waals surface area contributed by atoms with E-state index in [4.69, 9.17) is 20.8 Å². The van der Waals surface area contributed by atoms with E-state index in [1.54, 1.807) is 25.1 Å². The Balaban J connectivity index is 1.82. The zero-order valence-electron chi connectivity index (χ0n) is 10.9. The van der Waals surface area contributed by atoms with Crippen molar-refractivity contribution in [2.45, 2.75) is 13.3 Å². The van der Waals surface area contributed by atoms with Gasteiger partial charge in [0.25, 0.3) is 0 Å². The van der Waals surface area contributed by atoms with Crippen molar-refractivity contribution in [2.75, 3.05) is 6.61 Å². The maximum absolute atomic E-state index is 12.3. The molecule has 4 nitrogen and oxygen atoms in total. The number of furan rings is 1. The van der Waals surface area contributed by atoms with E-state index in [0.29, 0.717) is 29.2 Å². The number of hydrogen-bond acceptors (Lipinski definition) is 4. The van der Waals surface area contributed by atoms with Crippen LogP contribution in [0.4, 0.5) is 0 Å². The number of halogens is 1. The van der Waals surface area contributed by atoms with Gasteiger partial charge in [-0.15, -0.1) is 0 Å². The highest BCUT2D eigenvalue weighted by Gasteiger charge is 2.49. The topological polar surface area (TPSA) is 56.5 Å². The second-order valence-corrected chi connectivity index (χ2v) is 5.27. The third-order valence-electron chi connectivity index (χ3n) is 3.51. The van der Waals surface area contributed by atoms with Crippen molar-refractivity contribution < 1.29 is 18.7 Å². The lowest BCUT2D eigenvalue weighted by Crippen LogP contribution is -2.11. The van der Waals surface area contributed by atoms with E-state index in [2.05, 4.69) is 0 Å². The first-order valence-electron chi connectivity index (χ1n) is 6.49. The molecule has 20 heavy (non-hydrogen) atoms. The number of ketones is 1. The Kier molecular flexibility index (Phi) is 3.26. The Bertz CT molecular complexity index is 688. The van der Waals surface area contributed by atoms with Gasteiger partial charge in [-0.3, -0.25) is 9.59 Å². The largest absolute Gasteiger partial charge is 0.466 e. The maximum atomic E-state index is 12.3. The van der Waals surface area contributed by atoms with Gasteiger partial charge in [0.1, 0.15) is 0 Å². The normalized spacial score (nSPS) is 20.9. The minimum Gasteiger partial charge on any atom is -0.466 e. The predicted molar refractivity (Wildman–Crippen MR) is 73.8 cm³/mol. The van der Waals surface area contributed by atoms with Gasteiger partial charge in [0.05, 0.1) is 23.8 Å². The lowest BCUT2D eigenvalue weighted by atomic mass is 10.0. The number of carbonyl (C=O) groups excluding carboxylic acids is 2. The van der Waals surface area contributed by atoms with Crippen molar-refractivity contribution in [3.05, 3.63) is 35.0 Å². The number of fused-ring (bicyclic) bond motifs is 1. The molecule has 0 spiro atoms. The van der Waals surface area contributed by atoms with E-state index < -0.39 is 0 Å². The van der Waals surface area contributed by atoms with E-state index in [0.717, 1.165) is 5.39 Å². The average molecular weight is 293 g/mol. The summed E-state index contributed by atoms with van der Waals surface area (Å²) in [6.45, 7) is 2.09. The Morgan fingerprint density at radius 3 is 2.95 bits per heavy atom. The van der Waals surface area contributed by atoms with Crippen LogP contribution >= 0.6 is 11.6 Å². The van der Waals surface area contributed by atoms with Crippen LogP contribution in [-0.4, -0.2) is 18.4 Å². The van der Waals surface area contributed by atoms with Crippen LogP contribution in [0.3, 0.4) is 0 Å². The molecule has 1 saturated carbocycles. The molecular formula is C15H13ClO4. The lowest BCUT2D eigenvalue weighted by molar-refractivity contribution is -0.144. The molecule has 104 valence electrons. The fraction of sp³-hybridized carbons (Fsp3) is 0.333. The molecule has 0 N–H and O–H groups in total. The Morgan fingerprint density at radius 2 is 2.20 bits per heavy atom. The molecule has 3 rings (SSSR count). The molecule has 0 unspecified atom stereocenters. The van der Waals surface area contributed by atoms with E-state index >= 15 is 0 Å². The number of ether oxygens (including phenoxy) is 1. The first kappa shape index (κ1) is 13.2. The van der Waals surface area contributed by atoms with Crippen molar-refractivity contribution in [3.8, 4) is 0 Å². The molecular weight excluding hydrogens is 280 g/mol. The zero-order valence-corrected chi connectivity index (χ0v) is 11.6. The first-order chi connectivity index (χ1) is 9.61. The minimum absolute atomic E-state index is 0.0620. The van der Waals surface area contributed by atoms with Crippen LogP contribution in [0.5, 0.6) is 0 Å². The maximum Gasteiger partial charge on any atom is 0.309 e. The van der Waals surface area contributed by atoms with E-state index in [-0.39, 0.29) is 23.6 Å². The van der Waals surface area contributed by atoms with Gasteiger partial charge in [-0.1, -0.05) is 11.6 Å². The summed E-state index contributed by atoms with van der Waals surface area (Å²) in [6, 6.07) is 5.09. The molecule has 1 aromatic carbocycles. The number of hydrogen-bond donors (Lipinski definition) is 0. The number of benzene rings is 1. The van der Waals surface area contributed by atoms with Crippen LogP contribution in [-0.2, 0) is 9.53 Å². The highest BCUT2D eigenvalue weighted by atomic mass is 35.5. The van der Waals surface area contributed by atoms with Crippen molar-refractivity contribution in [3.63, 3.8) is 0 Å². The molecule has 1 aliphatic rings. The molecule has 0 radical (unpaired) electrons. The van der Waals surface area contributed by atoms with Crippen molar-refractivity contribution in [2.24, 2.45) is 11.8 Å². The van der Waals surface area contributed by atoms with Gasteiger partial charge in [0.2, 0.25) is 0 Å². The Labute approximate surface area is 120 Å². The highest BCUT2D eigenvalue weighted by Crippen LogP contribution is 2.42. The number of esters is 1. The lowest BCUT2D eigenvalue weighted by Gasteiger charge is -2.03. The monoisotopic (exact) mass is 292 g/mol. The van der Waals surface area contributed by atoms with Gasteiger partial charge in [0.15, 0.2) is 11.4 Å². The van der Waals surface area contributed by atoms with Crippen molar-refractivity contribution in [1.29, 1.82) is 0 Å². The van der Waals surface area contributed by atoms with Crippen LogP contribution in [0.2, 0.25) is 5.02 Å². The summed E-state index contributed by atoms with van der Waals surface area (Å²) in [5, 5.41) is 1.19. The van der Waals surface area contributed by atoms with Crippen LogP contribution in [0, 0.1) is 11.8 Å². The van der Waals surface area contributed by atoms with E-state index in [9.17, 15) is 9.59 Å². The van der Waals surface area contributed by atoms with Crippen LogP contribution in [0.15, 0.2) is 28.9 Å². The molecule has 0 bridgehead atoms. The minimum atomic E-state index is -0.304. The standard InChI is InChI=1S/C15H13ClO4/c1-2-19-15(18)11-7-10(11)13(17)9-5-8-3-4-20-14(8)12(16)6-9/h3-6,10-11H,2,7H2,1H3/t10-,11-/m0/s1. The van der Waals surface area contributed by atoms with Gasteiger partial charge in [-0.25, -0.2) is 0 Å². The summed E-state index contributed by atoms with van der Waals surface area (Å²) in [4.78, 5) is 23.9. The smallest absolute Gasteiger partial charge is 0.309 e. The zero-order chi connectivity index (χ0) is 14.3.